The number of hydrogen-bond acceptors (Lipinski definition) is 4. The summed E-state index contributed by atoms with van der Waals surface area (Å²) in [7, 11) is -2.18. The quantitative estimate of drug-likeness (QED) is 0.779. The number of nitrogens with zero attached hydrogens (tertiary/aromatic N) is 1. The van der Waals surface area contributed by atoms with Crippen LogP contribution in [0.2, 0.25) is 0 Å². The molecular formula is C13H17FN2O5S. The highest BCUT2D eigenvalue weighted by Gasteiger charge is 2.15. The van der Waals surface area contributed by atoms with E-state index >= 15 is 0 Å². The number of carbonyl (C=O) groups excluding carboxylic acids is 1. The first-order chi connectivity index (χ1) is 10.1. The van der Waals surface area contributed by atoms with E-state index in [0.29, 0.717) is 0 Å². The first-order valence-corrected chi connectivity index (χ1v) is 8.24. The van der Waals surface area contributed by atoms with Crippen LogP contribution in [-0.4, -0.2) is 50.1 Å². The summed E-state index contributed by atoms with van der Waals surface area (Å²) in [6, 6.07) is 3.33. The Kier molecular flexibility index (Phi) is 5.86. The summed E-state index contributed by atoms with van der Waals surface area (Å²) in [5.74, 6) is -2.21. The molecule has 0 atom stereocenters. The highest BCUT2D eigenvalue weighted by molar-refractivity contribution is 7.92. The highest BCUT2D eigenvalue weighted by Crippen LogP contribution is 2.18. The Bertz CT molecular complexity index is 675. The number of sulfonamides is 1. The minimum atomic E-state index is -3.67. The number of benzene rings is 1. The minimum Gasteiger partial charge on any atom is -0.481 e. The molecule has 0 aromatic heterocycles. The minimum absolute atomic E-state index is 0.0675. The average molecular weight is 332 g/mol. The fraction of sp³-hybridized carbons (Fsp3) is 0.385. The van der Waals surface area contributed by atoms with Gasteiger partial charge in [-0.3, -0.25) is 14.3 Å². The van der Waals surface area contributed by atoms with E-state index in [9.17, 15) is 22.4 Å². The third-order valence-corrected chi connectivity index (χ3v) is 3.33. The van der Waals surface area contributed by atoms with Crippen molar-refractivity contribution >= 4 is 27.6 Å². The summed E-state index contributed by atoms with van der Waals surface area (Å²) in [5.41, 5.74) is -0.210. The molecule has 0 aliphatic carbocycles. The second kappa shape index (κ2) is 7.21. The molecule has 1 rings (SSSR count). The number of carboxylic acid groups (broad SMARTS) is 1. The molecule has 2 N–H and O–H groups in total. The molecule has 0 spiro atoms. The fourth-order valence-corrected chi connectivity index (χ4v) is 2.28. The standard InChI is InChI=1S/C13H17FN2O5S/c1-16(7-3-4-12(17)18)13(19)9-5-6-10(14)11(8-9)15-22(2,20)21/h5-6,8,15H,3-4,7H2,1-2H3,(H,17,18). The molecule has 9 heteroatoms. The van der Waals surface area contributed by atoms with Crippen molar-refractivity contribution in [1.82, 2.24) is 4.90 Å². The zero-order chi connectivity index (χ0) is 16.9. The van der Waals surface area contributed by atoms with Gasteiger partial charge in [0, 0.05) is 25.6 Å². The average Bonchev–Trinajstić information content (AvgIpc) is 2.38. The van der Waals surface area contributed by atoms with E-state index < -0.39 is 27.7 Å². The van der Waals surface area contributed by atoms with Gasteiger partial charge in [0.05, 0.1) is 11.9 Å². The number of nitrogens with one attached hydrogen (secondary N) is 1. The summed E-state index contributed by atoms with van der Waals surface area (Å²) < 4.78 is 37.8. The Labute approximate surface area is 127 Å². The fourth-order valence-electron chi connectivity index (χ4n) is 1.73. The largest absolute Gasteiger partial charge is 0.481 e. The van der Waals surface area contributed by atoms with Crippen molar-refractivity contribution < 1.29 is 27.5 Å². The van der Waals surface area contributed by atoms with Gasteiger partial charge in [-0.15, -0.1) is 0 Å². The molecule has 0 heterocycles. The van der Waals surface area contributed by atoms with Gasteiger partial charge in [-0.1, -0.05) is 0 Å². The number of amides is 1. The van der Waals surface area contributed by atoms with Crippen LogP contribution in [0.15, 0.2) is 18.2 Å². The van der Waals surface area contributed by atoms with E-state index in [4.69, 9.17) is 5.11 Å². The summed E-state index contributed by atoms with van der Waals surface area (Å²) >= 11 is 0. The van der Waals surface area contributed by atoms with E-state index in [2.05, 4.69) is 0 Å². The van der Waals surface area contributed by atoms with Crippen LogP contribution < -0.4 is 4.72 Å². The maximum atomic E-state index is 13.5. The van der Waals surface area contributed by atoms with Gasteiger partial charge in [-0.05, 0) is 24.6 Å². The van der Waals surface area contributed by atoms with Crippen LogP contribution in [-0.2, 0) is 14.8 Å². The van der Waals surface area contributed by atoms with Crippen molar-refractivity contribution in [3.63, 3.8) is 0 Å². The lowest BCUT2D eigenvalue weighted by Crippen LogP contribution is -2.28. The first-order valence-electron chi connectivity index (χ1n) is 6.35. The van der Waals surface area contributed by atoms with Crippen LogP contribution in [0.25, 0.3) is 0 Å². The molecule has 1 aromatic carbocycles. The van der Waals surface area contributed by atoms with Gasteiger partial charge in [0.1, 0.15) is 5.82 Å². The van der Waals surface area contributed by atoms with Crippen LogP contribution >= 0.6 is 0 Å². The number of carbonyl (C=O) groups is 2. The van der Waals surface area contributed by atoms with E-state index in [1.165, 1.54) is 18.0 Å². The van der Waals surface area contributed by atoms with Crippen LogP contribution in [0, 0.1) is 5.82 Å². The second-order valence-corrected chi connectivity index (χ2v) is 6.54. The molecule has 0 bridgehead atoms. The lowest BCUT2D eigenvalue weighted by Gasteiger charge is -2.17. The number of hydrogen-bond donors (Lipinski definition) is 2. The number of rotatable bonds is 7. The molecule has 0 radical (unpaired) electrons. The van der Waals surface area contributed by atoms with Crippen LogP contribution in [0.1, 0.15) is 23.2 Å². The van der Waals surface area contributed by atoms with Crippen molar-refractivity contribution in [3.8, 4) is 0 Å². The lowest BCUT2D eigenvalue weighted by atomic mass is 10.1. The van der Waals surface area contributed by atoms with Crippen molar-refractivity contribution in [2.24, 2.45) is 0 Å². The predicted octanol–water partition coefficient (Wildman–Crippen LogP) is 1.13. The number of anilines is 1. The number of aliphatic carboxylic acids is 1. The highest BCUT2D eigenvalue weighted by atomic mass is 32.2. The van der Waals surface area contributed by atoms with E-state index in [1.807, 2.05) is 4.72 Å². The van der Waals surface area contributed by atoms with Crippen LogP contribution in [0.4, 0.5) is 10.1 Å². The van der Waals surface area contributed by atoms with Gasteiger partial charge in [-0.25, -0.2) is 12.8 Å². The van der Waals surface area contributed by atoms with Crippen LogP contribution in [0.3, 0.4) is 0 Å². The van der Waals surface area contributed by atoms with Gasteiger partial charge < -0.3 is 10.0 Å². The van der Waals surface area contributed by atoms with Gasteiger partial charge in [0.25, 0.3) is 5.91 Å². The van der Waals surface area contributed by atoms with E-state index in [-0.39, 0.29) is 30.6 Å². The predicted molar refractivity (Wildman–Crippen MR) is 78.7 cm³/mol. The smallest absolute Gasteiger partial charge is 0.303 e. The van der Waals surface area contributed by atoms with Crippen molar-refractivity contribution in [3.05, 3.63) is 29.6 Å². The molecule has 1 aromatic rings. The molecule has 7 nitrogen and oxygen atoms in total. The summed E-state index contributed by atoms with van der Waals surface area (Å²) in [5, 5.41) is 8.55. The lowest BCUT2D eigenvalue weighted by molar-refractivity contribution is -0.137. The molecule has 0 aliphatic rings. The second-order valence-electron chi connectivity index (χ2n) is 4.79. The third-order valence-electron chi connectivity index (χ3n) is 2.74. The molecule has 22 heavy (non-hydrogen) atoms. The van der Waals surface area contributed by atoms with Crippen molar-refractivity contribution in [2.75, 3.05) is 24.6 Å². The maximum absolute atomic E-state index is 13.5. The summed E-state index contributed by atoms with van der Waals surface area (Å²) in [6.07, 6.45) is 1.09. The van der Waals surface area contributed by atoms with E-state index in [1.54, 1.807) is 0 Å². The Morgan fingerprint density at radius 2 is 2.00 bits per heavy atom. The van der Waals surface area contributed by atoms with E-state index in [0.717, 1.165) is 18.4 Å². The summed E-state index contributed by atoms with van der Waals surface area (Å²) in [6.45, 7) is 0.220. The molecule has 0 saturated carbocycles. The Balaban J connectivity index is 2.85. The molecular weight excluding hydrogens is 315 g/mol. The van der Waals surface area contributed by atoms with Gasteiger partial charge >= 0.3 is 5.97 Å². The molecule has 1 amide bonds. The topological polar surface area (TPSA) is 104 Å². The SMILES string of the molecule is CN(CCCC(=O)O)C(=O)c1ccc(F)c(NS(C)(=O)=O)c1. The van der Waals surface area contributed by atoms with Crippen molar-refractivity contribution in [1.29, 1.82) is 0 Å². The van der Waals surface area contributed by atoms with Crippen molar-refractivity contribution in [2.45, 2.75) is 12.8 Å². The zero-order valence-electron chi connectivity index (χ0n) is 12.2. The zero-order valence-corrected chi connectivity index (χ0v) is 13.0. The number of carboxylic acids is 1. The molecule has 0 saturated heterocycles. The summed E-state index contributed by atoms with van der Waals surface area (Å²) in [4.78, 5) is 23.8. The normalized spacial score (nSPS) is 11.0. The van der Waals surface area contributed by atoms with Gasteiger partial charge in [0.15, 0.2) is 0 Å². The molecule has 0 aliphatic heterocycles. The van der Waals surface area contributed by atoms with Crippen LogP contribution in [0.5, 0.6) is 0 Å². The Morgan fingerprint density at radius 3 is 2.55 bits per heavy atom. The van der Waals surface area contributed by atoms with Gasteiger partial charge in [-0.2, -0.15) is 0 Å². The van der Waals surface area contributed by atoms with Gasteiger partial charge in [0.2, 0.25) is 10.0 Å². The number of halogens is 1. The monoisotopic (exact) mass is 332 g/mol. The Morgan fingerprint density at radius 1 is 1.36 bits per heavy atom. The maximum Gasteiger partial charge on any atom is 0.303 e. The Hall–Kier alpha value is -2.16. The molecule has 0 unspecified atom stereocenters. The third kappa shape index (κ3) is 5.68. The molecule has 0 fully saturated rings. The first kappa shape index (κ1) is 17.9. The molecule has 122 valence electrons.